The largest absolute Gasteiger partial charge is 0.494 e. The van der Waals surface area contributed by atoms with Crippen molar-refractivity contribution in [2.45, 2.75) is 19.9 Å². The van der Waals surface area contributed by atoms with Gasteiger partial charge >= 0.3 is 0 Å². The van der Waals surface area contributed by atoms with Gasteiger partial charge in [0, 0.05) is 19.0 Å². The van der Waals surface area contributed by atoms with Crippen molar-refractivity contribution in [2.24, 2.45) is 0 Å². The standard InChI is InChI=1S/C18H22N2O3/c1-4-23-16-9-7-14(8-10-16)17(12-22-3)20-18(21)15-6-5-13(2)19-11-15/h5-11,17H,4,12H2,1-3H3,(H,20,21)/t17-/m1/s1. The van der Waals surface area contributed by atoms with Crippen LogP contribution in [0.1, 0.15) is 34.6 Å². The summed E-state index contributed by atoms with van der Waals surface area (Å²) in [7, 11) is 1.61. The Labute approximate surface area is 136 Å². The zero-order valence-corrected chi connectivity index (χ0v) is 13.7. The third-order valence-corrected chi connectivity index (χ3v) is 3.41. The maximum absolute atomic E-state index is 12.4. The van der Waals surface area contributed by atoms with Crippen molar-refractivity contribution in [3.63, 3.8) is 0 Å². The van der Waals surface area contributed by atoms with Crippen molar-refractivity contribution in [2.75, 3.05) is 20.3 Å². The Morgan fingerprint density at radius 1 is 1.22 bits per heavy atom. The first-order chi connectivity index (χ1) is 11.1. The van der Waals surface area contributed by atoms with Crippen LogP contribution in [0.15, 0.2) is 42.6 Å². The van der Waals surface area contributed by atoms with Crippen LogP contribution in [0.3, 0.4) is 0 Å². The molecule has 1 aromatic carbocycles. The molecule has 0 spiro atoms. The molecule has 0 saturated heterocycles. The number of hydrogen-bond acceptors (Lipinski definition) is 4. The van der Waals surface area contributed by atoms with Crippen LogP contribution in [0.4, 0.5) is 0 Å². The third kappa shape index (κ3) is 4.79. The molecule has 1 atom stereocenters. The average Bonchev–Trinajstić information content (AvgIpc) is 2.56. The fourth-order valence-electron chi connectivity index (χ4n) is 2.19. The van der Waals surface area contributed by atoms with Crippen molar-refractivity contribution in [3.05, 3.63) is 59.4 Å². The molecule has 1 amide bonds. The number of carbonyl (C=O) groups excluding carboxylic acids is 1. The summed E-state index contributed by atoms with van der Waals surface area (Å²) in [5, 5.41) is 2.98. The highest BCUT2D eigenvalue weighted by atomic mass is 16.5. The zero-order valence-electron chi connectivity index (χ0n) is 13.7. The molecule has 122 valence electrons. The molecule has 23 heavy (non-hydrogen) atoms. The summed E-state index contributed by atoms with van der Waals surface area (Å²) in [5.41, 5.74) is 2.37. The minimum absolute atomic E-state index is 0.173. The fourth-order valence-corrected chi connectivity index (χ4v) is 2.19. The lowest BCUT2D eigenvalue weighted by molar-refractivity contribution is 0.0896. The Bertz CT molecular complexity index is 624. The highest BCUT2D eigenvalue weighted by molar-refractivity contribution is 5.94. The van der Waals surface area contributed by atoms with Crippen LogP contribution in [-0.4, -0.2) is 31.2 Å². The molecule has 0 fully saturated rings. The lowest BCUT2D eigenvalue weighted by Gasteiger charge is -2.19. The third-order valence-electron chi connectivity index (χ3n) is 3.41. The van der Waals surface area contributed by atoms with E-state index in [4.69, 9.17) is 9.47 Å². The highest BCUT2D eigenvalue weighted by Gasteiger charge is 2.16. The van der Waals surface area contributed by atoms with Gasteiger partial charge in [-0.05, 0) is 43.7 Å². The molecule has 0 bridgehead atoms. The number of nitrogens with zero attached hydrogens (tertiary/aromatic N) is 1. The number of pyridine rings is 1. The number of benzene rings is 1. The quantitative estimate of drug-likeness (QED) is 0.853. The number of hydrogen-bond donors (Lipinski definition) is 1. The summed E-state index contributed by atoms with van der Waals surface area (Å²) >= 11 is 0. The fraction of sp³-hybridized carbons (Fsp3) is 0.333. The topological polar surface area (TPSA) is 60.5 Å². The number of carbonyl (C=O) groups is 1. The van der Waals surface area contributed by atoms with Crippen molar-refractivity contribution in [1.29, 1.82) is 0 Å². The van der Waals surface area contributed by atoms with Crippen LogP contribution in [0.2, 0.25) is 0 Å². The Kier molecular flexibility index (Phi) is 6.11. The summed E-state index contributed by atoms with van der Waals surface area (Å²) in [6.45, 7) is 4.84. The molecule has 2 rings (SSSR count). The van der Waals surface area contributed by atoms with E-state index >= 15 is 0 Å². The second kappa shape index (κ2) is 8.29. The van der Waals surface area contributed by atoms with E-state index in [0.29, 0.717) is 18.8 Å². The van der Waals surface area contributed by atoms with Gasteiger partial charge in [-0.2, -0.15) is 0 Å². The Balaban J connectivity index is 2.11. The Morgan fingerprint density at radius 3 is 2.52 bits per heavy atom. The van der Waals surface area contributed by atoms with Crippen LogP contribution >= 0.6 is 0 Å². The molecular weight excluding hydrogens is 292 g/mol. The Hall–Kier alpha value is -2.40. The molecule has 1 N–H and O–H groups in total. The van der Waals surface area contributed by atoms with Crippen molar-refractivity contribution in [3.8, 4) is 5.75 Å². The molecular formula is C18H22N2O3. The summed E-state index contributed by atoms with van der Waals surface area (Å²) in [5.74, 6) is 0.634. The predicted molar refractivity (Wildman–Crippen MR) is 88.7 cm³/mol. The molecule has 1 heterocycles. The number of amides is 1. The van der Waals surface area contributed by atoms with E-state index < -0.39 is 0 Å². The average molecular weight is 314 g/mol. The van der Waals surface area contributed by atoms with Gasteiger partial charge in [0.25, 0.3) is 5.91 Å². The molecule has 0 aliphatic carbocycles. The maximum Gasteiger partial charge on any atom is 0.253 e. The molecule has 0 unspecified atom stereocenters. The molecule has 0 aliphatic heterocycles. The maximum atomic E-state index is 12.4. The van der Waals surface area contributed by atoms with Gasteiger partial charge in [-0.1, -0.05) is 12.1 Å². The minimum Gasteiger partial charge on any atom is -0.494 e. The molecule has 5 nitrogen and oxygen atoms in total. The monoisotopic (exact) mass is 314 g/mol. The van der Waals surface area contributed by atoms with Crippen LogP contribution in [0.5, 0.6) is 5.75 Å². The SMILES string of the molecule is CCOc1ccc([C@@H](COC)NC(=O)c2ccc(C)nc2)cc1. The van der Waals surface area contributed by atoms with Gasteiger partial charge in [-0.15, -0.1) is 0 Å². The number of rotatable bonds is 7. The van der Waals surface area contributed by atoms with Crippen molar-refractivity contribution >= 4 is 5.91 Å². The van der Waals surface area contributed by atoms with Crippen molar-refractivity contribution in [1.82, 2.24) is 10.3 Å². The van der Waals surface area contributed by atoms with E-state index in [1.54, 1.807) is 19.4 Å². The van der Waals surface area contributed by atoms with Gasteiger partial charge in [-0.3, -0.25) is 9.78 Å². The molecule has 0 radical (unpaired) electrons. The van der Waals surface area contributed by atoms with Crippen LogP contribution in [-0.2, 0) is 4.74 Å². The summed E-state index contributed by atoms with van der Waals surface area (Å²) in [6, 6.07) is 11.0. The molecule has 0 aliphatic rings. The first kappa shape index (κ1) is 17.0. The predicted octanol–water partition coefficient (Wildman–Crippen LogP) is 2.91. The summed E-state index contributed by atoms with van der Waals surface area (Å²) in [4.78, 5) is 16.5. The number of nitrogens with one attached hydrogen (secondary N) is 1. The van der Waals surface area contributed by atoms with E-state index in [-0.39, 0.29) is 11.9 Å². The molecule has 2 aromatic rings. The van der Waals surface area contributed by atoms with E-state index in [2.05, 4.69) is 10.3 Å². The van der Waals surface area contributed by atoms with E-state index in [9.17, 15) is 4.79 Å². The van der Waals surface area contributed by atoms with Crippen LogP contribution in [0, 0.1) is 6.92 Å². The summed E-state index contributed by atoms with van der Waals surface area (Å²) in [6.07, 6.45) is 1.58. The van der Waals surface area contributed by atoms with Gasteiger partial charge in [0.2, 0.25) is 0 Å². The number of ether oxygens (including phenoxy) is 2. The Morgan fingerprint density at radius 2 is 1.96 bits per heavy atom. The van der Waals surface area contributed by atoms with E-state index in [1.165, 1.54) is 0 Å². The van der Waals surface area contributed by atoms with Gasteiger partial charge in [0.15, 0.2) is 0 Å². The molecule has 0 saturated carbocycles. The van der Waals surface area contributed by atoms with E-state index in [1.807, 2.05) is 44.2 Å². The van der Waals surface area contributed by atoms with Crippen LogP contribution < -0.4 is 10.1 Å². The smallest absolute Gasteiger partial charge is 0.253 e. The second-order valence-corrected chi connectivity index (χ2v) is 5.17. The first-order valence-corrected chi connectivity index (χ1v) is 7.59. The van der Waals surface area contributed by atoms with Crippen molar-refractivity contribution < 1.29 is 14.3 Å². The van der Waals surface area contributed by atoms with E-state index in [0.717, 1.165) is 17.0 Å². The minimum atomic E-state index is -0.232. The second-order valence-electron chi connectivity index (χ2n) is 5.17. The summed E-state index contributed by atoms with van der Waals surface area (Å²) < 4.78 is 10.7. The number of aryl methyl sites for hydroxylation is 1. The number of aromatic nitrogens is 1. The molecule has 5 heteroatoms. The number of methoxy groups -OCH3 is 1. The molecule has 1 aromatic heterocycles. The first-order valence-electron chi connectivity index (χ1n) is 7.59. The van der Waals surface area contributed by atoms with Gasteiger partial charge < -0.3 is 14.8 Å². The normalized spacial score (nSPS) is 11.8. The van der Waals surface area contributed by atoms with Crippen LogP contribution in [0.25, 0.3) is 0 Å². The lowest BCUT2D eigenvalue weighted by atomic mass is 10.1. The van der Waals surface area contributed by atoms with Gasteiger partial charge in [0.1, 0.15) is 5.75 Å². The highest BCUT2D eigenvalue weighted by Crippen LogP contribution is 2.19. The lowest BCUT2D eigenvalue weighted by Crippen LogP contribution is -2.31. The van der Waals surface area contributed by atoms with Gasteiger partial charge in [0.05, 0.1) is 24.8 Å². The van der Waals surface area contributed by atoms with Gasteiger partial charge in [-0.25, -0.2) is 0 Å². The zero-order chi connectivity index (χ0) is 16.7.